The fraction of sp³-hybridized carbons (Fsp3) is 0.591. The zero-order valence-corrected chi connectivity index (χ0v) is 15.2. The molecule has 2 heteroatoms. The molecule has 1 aliphatic rings. The standard InChI is InChI=1S/C22H31NO/c1-3-5-6-16-24-22(7-4-2)21-14-12-20(13-15-21)19-10-8-18(17-23)9-11-19/h6,8-11,16,20-22H,3-5,7,12-15H2,1-2H3. The highest BCUT2D eigenvalue weighted by atomic mass is 16.5. The van der Waals surface area contributed by atoms with Crippen molar-refractivity contribution in [2.24, 2.45) is 5.92 Å². The summed E-state index contributed by atoms with van der Waals surface area (Å²) in [5.41, 5.74) is 2.14. The van der Waals surface area contributed by atoms with Gasteiger partial charge in [0.15, 0.2) is 0 Å². The lowest BCUT2D eigenvalue weighted by Gasteiger charge is -2.33. The van der Waals surface area contributed by atoms with E-state index in [9.17, 15) is 0 Å². The molecule has 24 heavy (non-hydrogen) atoms. The van der Waals surface area contributed by atoms with Gasteiger partial charge in [-0.2, -0.15) is 5.26 Å². The number of hydrogen-bond donors (Lipinski definition) is 0. The van der Waals surface area contributed by atoms with Gasteiger partial charge >= 0.3 is 0 Å². The van der Waals surface area contributed by atoms with E-state index in [-0.39, 0.29) is 0 Å². The number of nitrogens with zero attached hydrogens (tertiary/aromatic N) is 1. The highest BCUT2D eigenvalue weighted by Crippen LogP contribution is 2.38. The van der Waals surface area contributed by atoms with Gasteiger partial charge in [-0.25, -0.2) is 0 Å². The van der Waals surface area contributed by atoms with Gasteiger partial charge in [-0.1, -0.05) is 38.8 Å². The lowest BCUT2D eigenvalue weighted by molar-refractivity contribution is 0.0555. The van der Waals surface area contributed by atoms with E-state index in [2.05, 4.69) is 38.1 Å². The monoisotopic (exact) mass is 325 g/mol. The molecule has 0 radical (unpaired) electrons. The molecule has 1 atom stereocenters. The Morgan fingerprint density at radius 2 is 1.83 bits per heavy atom. The van der Waals surface area contributed by atoms with E-state index in [1.165, 1.54) is 44.1 Å². The van der Waals surface area contributed by atoms with E-state index >= 15 is 0 Å². The Bertz CT molecular complexity index is 532. The third-order valence-corrected chi connectivity index (χ3v) is 5.19. The molecule has 0 saturated heterocycles. The maximum Gasteiger partial charge on any atom is 0.101 e. The zero-order chi connectivity index (χ0) is 17.2. The predicted octanol–water partition coefficient (Wildman–Crippen LogP) is 6.33. The van der Waals surface area contributed by atoms with Gasteiger partial charge in [-0.05, 0) is 74.1 Å². The molecule has 2 rings (SSSR count). The minimum absolute atomic E-state index is 0.380. The molecule has 1 saturated carbocycles. The molecule has 0 aromatic heterocycles. The second-order valence-corrected chi connectivity index (χ2v) is 6.97. The summed E-state index contributed by atoms with van der Waals surface area (Å²) < 4.78 is 6.08. The van der Waals surface area contributed by atoms with Crippen molar-refractivity contribution in [1.82, 2.24) is 0 Å². The zero-order valence-electron chi connectivity index (χ0n) is 15.2. The maximum absolute atomic E-state index is 8.92. The van der Waals surface area contributed by atoms with Gasteiger partial charge in [-0.3, -0.25) is 0 Å². The number of hydrogen-bond acceptors (Lipinski definition) is 2. The van der Waals surface area contributed by atoms with Crippen LogP contribution in [0.1, 0.15) is 82.3 Å². The number of ether oxygens (including phenoxy) is 1. The Balaban J connectivity index is 1.87. The fourth-order valence-electron chi connectivity index (χ4n) is 3.74. The molecule has 2 nitrogen and oxygen atoms in total. The fourth-order valence-corrected chi connectivity index (χ4v) is 3.74. The van der Waals surface area contributed by atoms with Crippen molar-refractivity contribution in [2.75, 3.05) is 0 Å². The van der Waals surface area contributed by atoms with Crippen molar-refractivity contribution in [3.05, 3.63) is 47.7 Å². The van der Waals surface area contributed by atoms with Crippen LogP contribution in [-0.4, -0.2) is 6.10 Å². The largest absolute Gasteiger partial charge is 0.498 e. The maximum atomic E-state index is 8.92. The molecular formula is C22H31NO. The predicted molar refractivity (Wildman–Crippen MR) is 99.7 cm³/mol. The van der Waals surface area contributed by atoms with Crippen molar-refractivity contribution in [1.29, 1.82) is 5.26 Å². The Morgan fingerprint density at radius 3 is 2.42 bits per heavy atom. The third-order valence-electron chi connectivity index (χ3n) is 5.19. The van der Waals surface area contributed by atoms with Crippen LogP contribution in [0.4, 0.5) is 0 Å². The van der Waals surface area contributed by atoms with Gasteiger partial charge in [0.1, 0.15) is 6.10 Å². The van der Waals surface area contributed by atoms with Crippen LogP contribution in [0.25, 0.3) is 0 Å². The lowest BCUT2D eigenvalue weighted by atomic mass is 9.76. The summed E-state index contributed by atoms with van der Waals surface area (Å²) in [6.07, 6.45) is 14.1. The van der Waals surface area contributed by atoms with Crippen molar-refractivity contribution >= 4 is 0 Å². The quantitative estimate of drug-likeness (QED) is 0.523. The SMILES string of the molecule is CCCC=COC(CCC)C1CCC(c2ccc(C#N)cc2)CC1. The third kappa shape index (κ3) is 5.41. The number of nitriles is 1. The molecular weight excluding hydrogens is 294 g/mol. The Labute approximate surface area is 147 Å². The first kappa shape index (κ1) is 18.6. The minimum atomic E-state index is 0.380. The molecule has 0 spiro atoms. The molecule has 1 aromatic rings. The second-order valence-electron chi connectivity index (χ2n) is 6.97. The second kappa shape index (κ2) is 10.2. The molecule has 0 aliphatic heterocycles. The van der Waals surface area contributed by atoms with E-state index in [0.29, 0.717) is 17.9 Å². The molecule has 1 unspecified atom stereocenters. The van der Waals surface area contributed by atoms with Crippen molar-refractivity contribution in [3.63, 3.8) is 0 Å². The average molecular weight is 325 g/mol. The highest BCUT2D eigenvalue weighted by Gasteiger charge is 2.28. The van der Waals surface area contributed by atoms with E-state index in [1.807, 2.05) is 18.4 Å². The summed E-state index contributed by atoms with van der Waals surface area (Å²) in [5, 5.41) is 8.92. The smallest absolute Gasteiger partial charge is 0.101 e. The summed E-state index contributed by atoms with van der Waals surface area (Å²) in [5.74, 6) is 1.33. The first-order valence-corrected chi connectivity index (χ1v) is 9.59. The van der Waals surface area contributed by atoms with Crippen molar-refractivity contribution < 1.29 is 4.74 Å². The number of unbranched alkanes of at least 4 members (excludes halogenated alkanes) is 1. The molecule has 0 bridgehead atoms. The highest BCUT2D eigenvalue weighted by molar-refractivity contribution is 5.33. The molecule has 1 fully saturated rings. The van der Waals surface area contributed by atoms with Gasteiger partial charge in [0.2, 0.25) is 0 Å². The van der Waals surface area contributed by atoms with Crippen molar-refractivity contribution in [2.45, 2.75) is 77.2 Å². The number of benzene rings is 1. The number of allylic oxidation sites excluding steroid dienone is 1. The molecule has 1 aliphatic carbocycles. The summed E-state index contributed by atoms with van der Waals surface area (Å²) >= 11 is 0. The first-order valence-electron chi connectivity index (χ1n) is 9.59. The Hall–Kier alpha value is -1.75. The molecule has 0 amide bonds. The minimum Gasteiger partial charge on any atom is -0.498 e. The van der Waals surface area contributed by atoms with E-state index < -0.39 is 0 Å². The van der Waals surface area contributed by atoms with Gasteiger partial charge in [0, 0.05) is 0 Å². The topological polar surface area (TPSA) is 33.0 Å². The van der Waals surface area contributed by atoms with E-state index in [0.717, 1.165) is 18.4 Å². The average Bonchev–Trinajstić information content (AvgIpc) is 2.64. The molecule has 0 heterocycles. The van der Waals surface area contributed by atoms with Gasteiger partial charge in [0.05, 0.1) is 17.9 Å². The van der Waals surface area contributed by atoms with Crippen LogP contribution in [0.5, 0.6) is 0 Å². The summed E-state index contributed by atoms with van der Waals surface area (Å²) in [6, 6.07) is 10.4. The molecule has 1 aromatic carbocycles. The van der Waals surface area contributed by atoms with Crippen molar-refractivity contribution in [3.8, 4) is 6.07 Å². The normalized spacial score (nSPS) is 22.2. The molecule has 0 N–H and O–H groups in total. The molecule has 130 valence electrons. The Morgan fingerprint density at radius 1 is 1.12 bits per heavy atom. The first-order chi connectivity index (χ1) is 11.8. The van der Waals surface area contributed by atoms with Gasteiger partial charge in [-0.15, -0.1) is 0 Å². The van der Waals surface area contributed by atoms with Gasteiger partial charge < -0.3 is 4.74 Å². The van der Waals surface area contributed by atoms with Crippen LogP contribution in [0.3, 0.4) is 0 Å². The van der Waals surface area contributed by atoms with Gasteiger partial charge in [0.25, 0.3) is 0 Å². The summed E-state index contributed by atoms with van der Waals surface area (Å²) in [4.78, 5) is 0. The van der Waals surface area contributed by atoms with Crippen LogP contribution in [0.15, 0.2) is 36.6 Å². The van der Waals surface area contributed by atoms with Crippen LogP contribution < -0.4 is 0 Å². The lowest BCUT2D eigenvalue weighted by Crippen LogP contribution is -2.26. The number of rotatable bonds is 8. The van der Waals surface area contributed by atoms with Crippen LogP contribution >= 0.6 is 0 Å². The van der Waals surface area contributed by atoms with E-state index in [1.54, 1.807) is 0 Å². The van der Waals surface area contributed by atoms with Crippen LogP contribution in [0.2, 0.25) is 0 Å². The van der Waals surface area contributed by atoms with Crippen LogP contribution in [0, 0.1) is 17.2 Å². The van der Waals surface area contributed by atoms with E-state index in [4.69, 9.17) is 10.00 Å². The Kier molecular flexibility index (Phi) is 7.89. The summed E-state index contributed by atoms with van der Waals surface area (Å²) in [7, 11) is 0. The van der Waals surface area contributed by atoms with Crippen LogP contribution in [-0.2, 0) is 4.74 Å². The summed E-state index contributed by atoms with van der Waals surface area (Å²) in [6.45, 7) is 4.44.